The lowest BCUT2D eigenvalue weighted by Gasteiger charge is -2.49. The molecule has 5 aliphatic carbocycles. The highest BCUT2D eigenvalue weighted by atomic mass is 16.6. The van der Waals surface area contributed by atoms with Crippen molar-refractivity contribution in [1.82, 2.24) is 4.90 Å². The van der Waals surface area contributed by atoms with E-state index in [4.69, 9.17) is 4.74 Å². The summed E-state index contributed by atoms with van der Waals surface area (Å²) in [5.74, 6) is 3.03. The predicted molar refractivity (Wildman–Crippen MR) is 186 cm³/mol. The quantitative estimate of drug-likeness (QED) is 0.331. The van der Waals surface area contributed by atoms with Crippen LogP contribution in [0.25, 0.3) is 11.1 Å². The summed E-state index contributed by atoms with van der Waals surface area (Å²) in [6.45, 7) is 10.2. The number of likely N-dealkylation sites (tertiary alicyclic amines) is 1. The van der Waals surface area contributed by atoms with Crippen molar-refractivity contribution in [2.75, 3.05) is 13.2 Å². The lowest BCUT2D eigenvalue weighted by molar-refractivity contribution is -0.0279. The zero-order valence-corrected chi connectivity index (χ0v) is 28.7. The Labute approximate surface area is 281 Å². The van der Waals surface area contributed by atoms with Crippen molar-refractivity contribution < 1.29 is 19.7 Å². The van der Waals surface area contributed by atoms with Gasteiger partial charge in [-0.2, -0.15) is 0 Å². The zero-order chi connectivity index (χ0) is 32.6. The van der Waals surface area contributed by atoms with Crippen molar-refractivity contribution in [2.24, 2.45) is 40.9 Å². The molecule has 10 atom stereocenters. The van der Waals surface area contributed by atoms with Crippen LogP contribution in [0.2, 0.25) is 0 Å². The number of piperidine rings is 1. The van der Waals surface area contributed by atoms with E-state index in [1.54, 1.807) is 0 Å². The SMILES string of the molecule is CC1=C([C@H](C)[C@H]2[C@H](O)C[C@H](C)CN2C(=O)OCC2c3ccccc3-c3ccccc32)CC[C@H]2[C@@H]3CC=C4C[C@@H](O)CC[C@]4(C)[C@H]3C[C@@H]12. The number of allylic oxidation sites excluding steroid dienone is 2. The van der Waals surface area contributed by atoms with Crippen LogP contribution in [0.1, 0.15) is 96.1 Å². The van der Waals surface area contributed by atoms with E-state index in [1.807, 2.05) is 4.90 Å². The average Bonchev–Trinajstić information content (AvgIpc) is 3.61. The second-order valence-electron chi connectivity index (χ2n) is 16.4. The number of carbonyl (C=O) groups excluding carboxylic acids is 1. The molecule has 0 radical (unpaired) electrons. The molecular formula is C42H53NO4. The van der Waals surface area contributed by atoms with Crippen molar-refractivity contribution in [1.29, 1.82) is 0 Å². The molecule has 5 heteroatoms. The van der Waals surface area contributed by atoms with Gasteiger partial charge in [0.25, 0.3) is 0 Å². The van der Waals surface area contributed by atoms with Gasteiger partial charge >= 0.3 is 6.09 Å². The Morgan fingerprint density at radius 1 is 1.02 bits per heavy atom. The predicted octanol–water partition coefficient (Wildman–Crippen LogP) is 8.50. The molecule has 47 heavy (non-hydrogen) atoms. The summed E-state index contributed by atoms with van der Waals surface area (Å²) in [5.41, 5.74) is 9.63. The standard InChI is InChI=1S/C42H53NO4/c1-24-19-39(45)40(43(22-24)41(46)47-23-37-32-11-7-5-9-30(32)31-10-6-8-12-33(31)37)26(3)29-15-16-34-35-14-13-27-20-28(44)17-18-42(27,4)38(35)21-36(34)25(29)2/h5-13,24,26,28,34-40,44-45H,14-23H2,1-4H3/t24-,26-,28-,34-,35-,36-,38-,39+,40-,42-/m0/s1. The van der Waals surface area contributed by atoms with Crippen LogP contribution in [0, 0.1) is 40.9 Å². The van der Waals surface area contributed by atoms with E-state index in [1.165, 1.54) is 51.8 Å². The first-order valence-corrected chi connectivity index (χ1v) is 18.5. The first kappa shape index (κ1) is 31.4. The molecule has 1 heterocycles. The van der Waals surface area contributed by atoms with Crippen LogP contribution in [0.15, 0.2) is 71.3 Å². The first-order valence-electron chi connectivity index (χ1n) is 18.5. The van der Waals surface area contributed by atoms with Gasteiger partial charge in [0.2, 0.25) is 0 Å². The third-order valence-electron chi connectivity index (χ3n) is 14.1. The Kier molecular flexibility index (Phi) is 7.95. The van der Waals surface area contributed by atoms with E-state index in [-0.39, 0.29) is 41.4 Å². The largest absolute Gasteiger partial charge is 0.448 e. The summed E-state index contributed by atoms with van der Waals surface area (Å²) in [6.07, 6.45) is 9.73. The molecule has 3 fully saturated rings. The third kappa shape index (κ3) is 5.05. The number of fused-ring (bicyclic) bond motifs is 8. The van der Waals surface area contributed by atoms with Gasteiger partial charge < -0.3 is 19.8 Å². The molecule has 2 saturated carbocycles. The monoisotopic (exact) mass is 635 g/mol. The van der Waals surface area contributed by atoms with Crippen molar-refractivity contribution in [2.45, 2.75) is 103 Å². The Balaban J connectivity index is 1.02. The molecule has 0 unspecified atom stereocenters. The van der Waals surface area contributed by atoms with Crippen LogP contribution >= 0.6 is 0 Å². The number of amides is 1. The fourth-order valence-corrected chi connectivity index (χ4v) is 11.8. The number of carbonyl (C=O) groups is 1. The highest BCUT2D eigenvalue weighted by Gasteiger charge is 2.56. The number of rotatable bonds is 4. The van der Waals surface area contributed by atoms with E-state index in [2.05, 4.69) is 82.3 Å². The molecule has 0 aromatic heterocycles. The van der Waals surface area contributed by atoms with Gasteiger partial charge in [-0.25, -0.2) is 4.79 Å². The van der Waals surface area contributed by atoms with Gasteiger partial charge in [-0.05, 0) is 116 Å². The minimum atomic E-state index is -0.572. The Bertz CT molecular complexity index is 1560. The smallest absolute Gasteiger partial charge is 0.410 e. The Morgan fingerprint density at radius 3 is 2.45 bits per heavy atom. The van der Waals surface area contributed by atoms with Gasteiger partial charge in [-0.15, -0.1) is 0 Å². The molecule has 0 bridgehead atoms. The van der Waals surface area contributed by atoms with Crippen molar-refractivity contribution >= 4 is 6.09 Å². The number of benzene rings is 2. The third-order valence-corrected chi connectivity index (χ3v) is 14.1. The molecule has 6 aliphatic rings. The molecule has 0 spiro atoms. The summed E-state index contributed by atoms with van der Waals surface area (Å²) in [7, 11) is 0. The number of ether oxygens (including phenoxy) is 1. The molecule has 1 amide bonds. The highest BCUT2D eigenvalue weighted by Crippen LogP contribution is 2.64. The van der Waals surface area contributed by atoms with Gasteiger partial charge in [-0.3, -0.25) is 0 Å². The Morgan fingerprint density at radius 2 is 1.72 bits per heavy atom. The minimum Gasteiger partial charge on any atom is -0.448 e. The maximum Gasteiger partial charge on any atom is 0.410 e. The molecule has 2 aromatic rings. The number of aliphatic hydroxyl groups is 2. The molecule has 8 rings (SSSR count). The van der Waals surface area contributed by atoms with Gasteiger partial charge in [0.15, 0.2) is 0 Å². The highest BCUT2D eigenvalue weighted by molar-refractivity contribution is 5.79. The number of aliphatic hydroxyl groups excluding tert-OH is 2. The fraction of sp³-hybridized carbons (Fsp3) is 0.595. The summed E-state index contributed by atoms with van der Waals surface area (Å²) in [4.78, 5) is 15.9. The van der Waals surface area contributed by atoms with Crippen LogP contribution in [0.4, 0.5) is 4.79 Å². The molecule has 1 saturated heterocycles. The van der Waals surface area contributed by atoms with E-state index in [0.717, 1.165) is 38.0 Å². The number of hydrogen-bond acceptors (Lipinski definition) is 4. The van der Waals surface area contributed by atoms with E-state index < -0.39 is 6.10 Å². The molecule has 1 aliphatic heterocycles. The second kappa shape index (κ2) is 11.9. The van der Waals surface area contributed by atoms with Gasteiger partial charge in [0.1, 0.15) is 6.61 Å². The lowest BCUT2D eigenvalue weighted by Crippen LogP contribution is -2.57. The fourth-order valence-electron chi connectivity index (χ4n) is 11.8. The number of hydrogen-bond donors (Lipinski definition) is 2. The molecule has 5 nitrogen and oxygen atoms in total. The number of nitrogens with zero attached hydrogens (tertiary/aromatic N) is 1. The Hall–Kier alpha value is -2.89. The lowest BCUT2D eigenvalue weighted by atomic mass is 9.56. The summed E-state index contributed by atoms with van der Waals surface area (Å²) in [5, 5.41) is 22.1. The molecule has 2 N–H and O–H groups in total. The molecular weight excluding hydrogens is 582 g/mol. The molecule has 250 valence electrons. The maximum absolute atomic E-state index is 14.0. The summed E-state index contributed by atoms with van der Waals surface area (Å²) in [6, 6.07) is 16.6. The van der Waals surface area contributed by atoms with Crippen LogP contribution in [0.5, 0.6) is 0 Å². The van der Waals surface area contributed by atoms with E-state index >= 15 is 0 Å². The van der Waals surface area contributed by atoms with Crippen LogP contribution in [-0.4, -0.2) is 52.6 Å². The first-order chi connectivity index (χ1) is 22.7. The van der Waals surface area contributed by atoms with Crippen molar-refractivity contribution in [3.63, 3.8) is 0 Å². The van der Waals surface area contributed by atoms with Crippen LogP contribution < -0.4 is 0 Å². The van der Waals surface area contributed by atoms with Crippen LogP contribution in [-0.2, 0) is 4.74 Å². The molecule has 2 aromatic carbocycles. The van der Waals surface area contributed by atoms with Crippen molar-refractivity contribution in [3.8, 4) is 11.1 Å². The maximum atomic E-state index is 14.0. The van der Waals surface area contributed by atoms with Gasteiger partial charge in [-0.1, -0.05) is 92.1 Å². The topological polar surface area (TPSA) is 70.0 Å². The van der Waals surface area contributed by atoms with E-state index in [0.29, 0.717) is 37.3 Å². The van der Waals surface area contributed by atoms with E-state index in [9.17, 15) is 15.0 Å². The summed E-state index contributed by atoms with van der Waals surface area (Å²) >= 11 is 0. The van der Waals surface area contributed by atoms with Gasteiger partial charge in [0, 0.05) is 18.4 Å². The van der Waals surface area contributed by atoms with Crippen molar-refractivity contribution in [3.05, 3.63) is 82.5 Å². The normalized spacial score (nSPS) is 36.9. The van der Waals surface area contributed by atoms with Gasteiger partial charge in [0.05, 0.1) is 18.2 Å². The second-order valence-corrected chi connectivity index (χ2v) is 16.4. The zero-order valence-electron chi connectivity index (χ0n) is 28.7. The average molecular weight is 636 g/mol. The van der Waals surface area contributed by atoms with Crippen LogP contribution in [0.3, 0.4) is 0 Å². The minimum absolute atomic E-state index is 0.0183. The summed E-state index contributed by atoms with van der Waals surface area (Å²) < 4.78 is 6.21.